The van der Waals surface area contributed by atoms with Crippen molar-refractivity contribution >= 4 is 10.9 Å². The van der Waals surface area contributed by atoms with Crippen LogP contribution in [-0.4, -0.2) is 18.6 Å². The first-order chi connectivity index (χ1) is 8.93. The summed E-state index contributed by atoms with van der Waals surface area (Å²) in [6.07, 6.45) is 2.32. The summed E-state index contributed by atoms with van der Waals surface area (Å²) < 4.78 is 0. The zero-order chi connectivity index (χ0) is 14.0. The number of rotatable bonds is 4. The number of fused-ring (bicyclic) bond motifs is 1. The first-order valence-corrected chi connectivity index (χ1v) is 7.20. The average Bonchev–Trinajstić information content (AvgIpc) is 2.64. The summed E-state index contributed by atoms with van der Waals surface area (Å²) in [4.78, 5) is 3.51. The molecule has 0 bridgehead atoms. The van der Waals surface area contributed by atoms with Gasteiger partial charge in [0.1, 0.15) is 0 Å². The lowest BCUT2D eigenvalue weighted by atomic mass is 9.86. The molecule has 1 aromatic carbocycles. The lowest BCUT2D eigenvalue weighted by Crippen LogP contribution is -2.10. The fourth-order valence-electron chi connectivity index (χ4n) is 2.61. The Morgan fingerprint density at radius 3 is 2.58 bits per heavy atom. The Kier molecular flexibility index (Phi) is 4.00. The van der Waals surface area contributed by atoms with Crippen molar-refractivity contribution in [2.24, 2.45) is 0 Å². The van der Waals surface area contributed by atoms with E-state index in [0.717, 1.165) is 13.0 Å². The summed E-state index contributed by atoms with van der Waals surface area (Å²) in [5.74, 6) is 0. The first-order valence-electron chi connectivity index (χ1n) is 7.20. The summed E-state index contributed by atoms with van der Waals surface area (Å²) in [5.41, 5.74) is 5.69. The molecule has 19 heavy (non-hydrogen) atoms. The third-order valence-corrected chi connectivity index (χ3v) is 3.84. The van der Waals surface area contributed by atoms with Crippen LogP contribution in [0, 0.1) is 6.92 Å². The van der Waals surface area contributed by atoms with Crippen molar-refractivity contribution in [3.8, 4) is 0 Å². The highest BCUT2D eigenvalue weighted by atomic mass is 14.8. The molecule has 2 rings (SSSR count). The van der Waals surface area contributed by atoms with E-state index in [0.29, 0.717) is 0 Å². The van der Waals surface area contributed by atoms with Gasteiger partial charge in [-0.2, -0.15) is 0 Å². The van der Waals surface area contributed by atoms with Crippen LogP contribution < -0.4 is 5.32 Å². The van der Waals surface area contributed by atoms with Crippen molar-refractivity contribution < 1.29 is 0 Å². The van der Waals surface area contributed by atoms with Gasteiger partial charge in [0, 0.05) is 16.6 Å². The summed E-state index contributed by atoms with van der Waals surface area (Å²) >= 11 is 0. The maximum Gasteiger partial charge on any atom is 0.0459 e. The van der Waals surface area contributed by atoms with Crippen LogP contribution in [0.1, 0.15) is 44.0 Å². The number of hydrogen-bond acceptors (Lipinski definition) is 1. The molecule has 2 heteroatoms. The molecular weight excluding hydrogens is 232 g/mol. The van der Waals surface area contributed by atoms with Gasteiger partial charge in [0.25, 0.3) is 0 Å². The largest absolute Gasteiger partial charge is 0.358 e. The molecule has 0 saturated heterocycles. The molecule has 0 aliphatic rings. The predicted molar refractivity (Wildman–Crippen MR) is 84.0 cm³/mol. The van der Waals surface area contributed by atoms with Crippen molar-refractivity contribution in [3.63, 3.8) is 0 Å². The number of aromatic nitrogens is 1. The molecule has 0 aliphatic heterocycles. The second kappa shape index (κ2) is 5.38. The minimum Gasteiger partial charge on any atom is -0.358 e. The Balaban J connectivity index is 2.41. The molecule has 0 saturated carbocycles. The van der Waals surface area contributed by atoms with E-state index in [4.69, 9.17) is 0 Å². The van der Waals surface area contributed by atoms with Crippen LogP contribution in [0.15, 0.2) is 18.2 Å². The molecule has 0 atom stereocenters. The fraction of sp³-hybridized carbons (Fsp3) is 0.529. The summed E-state index contributed by atoms with van der Waals surface area (Å²) in [6.45, 7) is 10.1. The topological polar surface area (TPSA) is 27.8 Å². The number of aromatic amines is 1. The van der Waals surface area contributed by atoms with E-state index in [1.54, 1.807) is 0 Å². The monoisotopic (exact) mass is 258 g/mol. The van der Waals surface area contributed by atoms with Crippen molar-refractivity contribution in [3.05, 3.63) is 35.0 Å². The number of nitrogens with one attached hydrogen (secondary N) is 2. The fourth-order valence-corrected chi connectivity index (χ4v) is 2.61. The van der Waals surface area contributed by atoms with E-state index in [9.17, 15) is 0 Å². The molecule has 0 spiro atoms. The van der Waals surface area contributed by atoms with E-state index >= 15 is 0 Å². The van der Waals surface area contributed by atoms with Crippen LogP contribution in [0.2, 0.25) is 0 Å². The molecule has 0 fully saturated rings. The molecule has 1 aromatic heterocycles. The Bertz CT molecular complexity index is 558. The standard InChI is InChI=1S/C17H26N2/c1-12-14(7-6-10-18-5)15-11-13(17(2,3)4)8-9-16(15)19-12/h8-9,11,18-19H,6-7,10H2,1-5H3. The minimum atomic E-state index is 0.210. The molecule has 0 aliphatic carbocycles. The van der Waals surface area contributed by atoms with Crippen molar-refractivity contribution in [1.82, 2.24) is 10.3 Å². The van der Waals surface area contributed by atoms with Crippen LogP contribution in [0.5, 0.6) is 0 Å². The van der Waals surface area contributed by atoms with Gasteiger partial charge in [0.05, 0.1) is 0 Å². The maximum atomic E-state index is 3.51. The van der Waals surface area contributed by atoms with Gasteiger partial charge in [-0.05, 0) is 62.0 Å². The van der Waals surface area contributed by atoms with E-state index in [1.807, 2.05) is 7.05 Å². The Hall–Kier alpha value is -1.28. The highest BCUT2D eigenvalue weighted by Gasteiger charge is 2.16. The van der Waals surface area contributed by atoms with Crippen molar-refractivity contribution in [1.29, 1.82) is 0 Å². The SMILES string of the molecule is CNCCCc1c(C)[nH]c2ccc(C(C)(C)C)cc12. The zero-order valence-electron chi connectivity index (χ0n) is 12.9. The molecule has 104 valence electrons. The van der Waals surface area contributed by atoms with Gasteiger partial charge in [0.2, 0.25) is 0 Å². The molecule has 0 radical (unpaired) electrons. The summed E-state index contributed by atoms with van der Waals surface area (Å²) in [5, 5.41) is 4.63. The lowest BCUT2D eigenvalue weighted by Gasteiger charge is -2.19. The van der Waals surface area contributed by atoms with Gasteiger partial charge in [-0.15, -0.1) is 0 Å². The average molecular weight is 258 g/mol. The Morgan fingerprint density at radius 2 is 1.95 bits per heavy atom. The van der Waals surface area contributed by atoms with Gasteiger partial charge < -0.3 is 10.3 Å². The summed E-state index contributed by atoms with van der Waals surface area (Å²) in [6, 6.07) is 6.84. The van der Waals surface area contributed by atoms with Crippen LogP contribution in [0.4, 0.5) is 0 Å². The van der Waals surface area contributed by atoms with Crippen LogP contribution >= 0.6 is 0 Å². The molecule has 0 amide bonds. The highest BCUT2D eigenvalue weighted by Crippen LogP contribution is 2.29. The van der Waals surface area contributed by atoms with Crippen molar-refractivity contribution in [2.45, 2.75) is 46.0 Å². The number of aryl methyl sites for hydroxylation is 2. The van der Waals surface area contributed by atoms with Gasteiger partial charge in [-0.1, -0.05) is 26.8 Å². The molecule has 0 unspecified atom stereocenters. The lowest BCUT2D eigenvalue weighted by molar-refractivity contribution is 0.591. The number of H-pyrrole nitrogens is 1. The third-order valence-electron chi connectivity index (χ3n) is 3.84. The van der Waals surface area contributed by atoms with Crippen LogP contribution in [0.3, 0.4) is 0 Å². The predicted octanol–water partition coefficient (Wildman–Crippen LogP) is 3.93. The molecule has 1 heterocycles. The second-order valence-electron chi connectivity index (χ2n) is 6.45. The van der Waals surface area contributed by atoms with E-state index in [1.165, 1.54) is 34.1 Å². The van der Waals surface area contributed by atoms with E-state index in [-0.39, 0.29) is 5.41 Å². The smallest absolute Gasteiger partial charge is 0.0459 e. The van der Waals surface area contributed by atoms with Gasteiger partial charge in [0.15, 0.2) is 0 Å². The van der Waals surface area contributed by atoms with Gasteiger partial charge in [-0.25, -0.2) is 0 Å². The minimum absolute atomic E-state index is 0.210. The van der Waals surface area contributed by atoms with Gasteiger partial charge in [-0.3, -0.25) is 0 Å². The van der Waals surface area contributed by atoms with Crippen LogP contribution in [-0.2, 0) is 11.8 Å². The zero-order valence-corrected chi connectivity index (χ0v) is 12.9. The van der Waals surface area contributed by atoms with Crippen LogP contribution in [0.25, 0.3) is 10.9 Å². The maximum absolute atomic E-state index is 3.51. The number of hydrogen-bond donors (Lipinski definition) is 2. The van der Waals surface area contributed by atoms with Gasteiger partial charge >= 0.3 is 0 Å². The number of benzene rings is 1. The molecular formula is C17H26N2. The Morgan fingerprint density at radius 1 is 1.21 bits per heavy atom. The van der Waals surface area contributed by atoms with Crippen molar-refractivity contribution in [2.75, 3.05) is 13.6 Å². The molecule has 2 nitrogen and oxygen atoms in total. The molecule has 2 N–H and O–H groups in total. The first kappa shape index (κ1) is 14.1. The highest BCUT2D eigenvalue weighted by molar-refractivity contribution is 5.85. The van der Waals surface area contributed by atoms with E-state index < -0.39 is 0 Å². The second-order valence-corrected chi connectivity index (χ2v) is 6.45. The molecule has 2 aromatic rings. The quantitative estimate of drug-likeness (QED) is 0.799. The third kappa shape index (κ3) is 3.01. The Labute approximate surface area is 116 Å². The van der Waals surface area contributed by atoms with E-state index in [2.05, 4.69) is 56.2 Å². The summed E-state index contributed by atoms with van der Waals surface area (Å²) in [7, 11) is 2.01. The normalized spacial score (nSPS) is 12.3.